The standard InChI is InChI=1S/C10H14ClNO3/c1-5(12)10(14)6-3-8(13)9(15-2)4-7(6)11/h3-5,10,13-14H,12H2,1-2H3. The highest BCUT2D eigenvalue weighted by Crippen LogP contribution is 2.35. The summed E-state index contributed by atoms with van der Waals surface area (Å²) < 4.78 is 4.87. The second kappa shape index (κ2) is 4.70. The van der Waals surface area contributed by atoms with Gasteiger partial charge >= 0.3 is 0 Å². The Morgan fingerprint density at radius 2 is 2.07 bits per heavy atom. The molecule has 5 heteroatoms. The average Bonchev–Trinajstić information content (AvgIpc) is 2.19. The fourth-order valence-electron chi connectivity index (χ4n) is 1.23. The van der Waals surface area contributed by atoms with Crippen molar-refractivity contribution in [3.05, 3.63) is 22.7 Å². The molecule has 0 aliphatic rings. The SMILES string of the molecule is COc1cc(Cl)c(C(O)C(C)N)cc1O. The van der Waals surface area contributed by atoms with Gasteiger partial charge in [-0.05, 0) is 13.0 Å². The Morgan fingerprint density at radius 3 is 2.53 bits per heavy atom. The van der Waals surface area contributed by atoms with Gasteiger partial charge in [0, 0.05) is 17.7 Å². The quantitative estimate of drug-likeness (QED) is 0.736. The van der Waals surface area contributed by atoms with Gasteiger partial charge in [-0.25, -0.2) is 0 Å². The zero-order valence-electron chi connectivity index (χ0n) is 8.57. The van der Waals surface area contributed by atoms with Gasteiger partial charge in [0.25, 0.3) is 0 Å². The lowest BCUT2D eigenvalue weighted by Gasteiger charge is -2.17. The first-order chi connectivity index (χ1) is 6.97. The number of rotatable bonds is 3. The van der Waals surface area contributed by atoms with Crippen molar-refractivity contribution in [2.75, 3.05) is 7.11 Å². The molecular formula is C10H14ClNO3. The Morgan fingerprint density at radius 1 is 1.47 bits per heavy atom. The van der Waals surface area contributed by atoms with Crippen molar-refractivity contribution in [3.8, 4) is 11.5 Å². The summed E-state index contributed by atoms with van der Waals surface area (Å²) in [5, 5.41) is 19.5. The number of nitrogens with two attached hydrogens (primary N) is 1. The Balaban J connectivity index is 3.15. The first-order valence-corrected chi connectivity index (χ1v) is 4.85. The topological polar surface area (TPSA) is 75.7 Å². The van der Waals surface area contributed by atoms with E-state index in [2.05, 4.69) is 0 Å². The van der Waals surface area contributed by atoms with Gasteiger partial charge in [0.1, 0.15) is 0 Å². The molecule has 2 atom stereocenters. The zero-order valence-corrected chi connectivity index (χ0v) is 9.32. The van der Waals surface area contributed by atoms with E-state index in [4.69, 9.17) is 22.1 Å². The number of methoxy groups -OCH3 is 1. The van der Waals surface area contributed by atoms with Crippen LogP contribution in [0.15, 0.2) is 12.1 Å². The van der Waals surface area contributed by atoms with Crippen LogP contribution in [-0.4, -0.2) is 23.4 Å². The summed E-state index contributed by atoms with van der Waals surface area (Å²) in [5.41, 5.74) is 5.93. The molecule has 1 rings (SSSR count). The average molecular weight is 232 g/mol. The Labute approximate surface area is 93.2 Å². The van der Waals surface area contributed by atoms with Gasteiger partial charge in [0.05, 0.1) is 18.2 Å². The molecule has 4 N–H and O–H groups in total. The van der Waals surface area contributed by atoms with Crippen LogP contribution in [0.25, 0.3) is 0 Å². The van der Waals surface area contributed by atoms with Gasteiger partial charge in [-0.3, -0.25) is 0 Å². The van der Waals surface area contributed by atoms with Crippen LogP contribution in [-0.2, 0) is 0 Å². The number of phenols is 1. The van der Waals surface area contributed by atoms with Crippen molar-refractivity contribution in [1.82, 2.24) is 0 Å². The van der Waals surface area contributed by atoms with Crippen molar-refractivity contribution in [1.29, 1.82) is 0 Å². The van der Waals surface area contributed by atoms with Crippen LogP contribution in [0, 0.1) is 0 Å². The van der Waals surface area contributed by atoms with Gasteiger partial charge in [-0.1, -0.05) is 11.6 Å². The second-order valence-electron chi connectivity index (χ2n) is 3.35. The van der Waals surface area contributed by atoms with E-state index in [0.717, 1.165) is 0 Å². The molecule has 0 amide bonds. The van der Waals surface area contributed by atoms with E-state index in [1.54, 1.807) is 6.92 Å². The molecule has 84 valence electrons. The van der Waals surface area contributed by atoms with E-state index in [0.29, 0.717) is 10.6 Å². The van der Waals surface area contributed by atoms with Crippen LogP contribution in [0.4, 0.5) is 0 Å². The number of aromatic hydroxyl groups is 1. The van der Waals surface area contributed by atoms with E-state index < -0.39 is 12.1 Å². The normalized spacial score (nSPS) is 14.7. The van der Waals surface area contributed by atoms with Crippen LogP contribution in [0.3, 0.4) is 0 Å². The minimum Gasteiger partial charge on any atom is -0.504 e. The highest BCUT2D eigenvalue weighted by Gasteiger charge is 2.18. The maximum atomic E-state index is 9.71. The smallest absolute Gasteiger partial charge is 0.161 e. The number of aliphatic hydroxyl groups is 1. The molecule has 0 radical (unpaired) electrons. The Hall–Kier alpha value is -0.970. The summed E-state index contributed by atoms with van der Waals surface area (Å²) in [5.74, 6) is 0.192. The molecule has 0 saturated carbocycles. The number of ether oxygens (including phenoxy) is 1. The largest absolute Gasteiger partial charge is 0.504 e. The maximum Gasteiger partial charge on any atom is 0.161 e. The second-order valence-corrected chi connectivity index (χ2v) is 3.76. The first kappa shape index (κ1) is 12.1. The predicted molar refractivity (Wildman–Crippen MR) is 58.3 cm³/mol. The highest BCUT2D eigenvalue weighted by atomic mass is 35.5. The highest BCUT2D eigenvalue weighted by molar-refractivity contribution is 6.31. The number of halogens is 1. The molecule has 0 saturated heterocycles. The predicted octanol–water partition coefficient (Wildman–Crippen LogP) is 1.43. The first-order valence-electron chi connectivity index (χ1n) is 4.47. The van der Waals surface area contributed by atoms with Gasteiger partial charge in [-0.15, -0.1) is 0 Å². The lowest BCUT2D eigenvalue weighted by molar-refractivity contribution is 0.153. The Kier molecular flexibility index (Phi) is 3.79. The van der Waals surface area contributed by atoms with Crippen molar-refractivity contribution in [3.63, 3.8) is 0 Å². The Bertz CT molecular complexity index is 355. The minimum atomic E-state index is -0.908. The third kappa shape index (κ3) is 2.53. The minimum absolute atomic E-state index is 0.0726. The van der Waals surface area contributed by atoms with Crippen LogP contribution in [0.2, 0.25) is 5.02 Å². The monoisotopic (exact) mass is 231 g/mol. The fraction of sp³-hybridized carbons (Fsp3) is 0.400. The molecule has 0 spiro atoms. The molecule has 1 aromatic carbocycles. The molecule has 2 unspecified atom stereocenters. The summed E-state index contributed by atoms with van der Waals surface area (Å²) >= 11 is 5.91. The summed E-state index contributed by atoms with van der Waals surface area (Å²) in [6, 6.07) is 2.34. The van der Waals surface area contributed by atoms with E-state index in [-0.39, 0.29) is 11.5 Å². The van der Waals surface area contributed by atoms with Gasteiger partial charge in [0.15, 0.2) is 11.5 Å². The number of aliphatic hydroxyl groups excluding tert-OH is 1. The van der Waals surface area contributed by atoms with E-state index in [1.807, 2.05) is 0 Å². The fourth-order valence-corrected chi connectivity index (χ4v) is 1.50. The molecule has 0 heterocycles. The van der Waals surface area contributed by atoms with Crippen LogP contribution >= 0.6 is 11.6 Å². The van der Waals surface area contributed by atoms with Crippen molar-refractivity contribution in [2.24, 2.45) is 5.73 Å². The van der Waals surface area contributed by atoms with Gasteiger partial charge in [-0.2, -0.15) is 0 Å². The van der Waals surface area contributed by atoms with Gasteiger partial charge < -0.3 is 20.7 Å². The molecule has 1 aromatic rings. The summed E-state index contributed by atoms with van der Waals surface area (Å²) in [6.45, 7) is 1.66. The lowest BCUT2D eigenvalue weighted by atomic mass is 10.0. The van der Waals surface area contributed by atoms with Crippen molar-refractivity contribution in [2.45, 2.75) is 19.1 Å². The molecule has 0 bridgehead atoms. The molecular weight excluding hydrogens is 218 g/mol. The number of hydrogen-bond acceptors (Lipinski definition) is 4. The van der Waals surface area contributed by atoms with E-state index >= 15 is 0 Å². The van der Waals surface area contributed by atoms with Crippen molar-refractivity contribution < 1.29 is 14.9 Å². The third-order valence-corrected chi connectivity index (χ3v) is 2.44. The van der Waals surface area contributed by atoms with Gasteiger partial charge in [0.2, 0.25) is 0 Å². The van der Waals surface area contributed by atoms with E-state index in [1.165, 1.54) is 19.2 Å². The number of phenolic OH excluding ortho intramolecular Hbond substituents is 1. The zero-order chi connectivity index (χ0) is 11.6. The maximum absolute atomic E-state index is 9.71. The molecule has 0 aliphatic carbocycles. The lowest BCUT2D eigenvalue weighted by Crippen LogP contribution is -2.24. The number of benzene rings is 1. The summed E-state index contributed by atoms with van der Waals surface area (Å²) in [4.78, 5) is 0. The van der Waals surface area contributed by atoms with Crippen LogP contribution < -0.4 is 10.5 Å². The van der Waals surface area contributed by atoms with Crippen molar-refractivity contribution >= 4 is 11.6 Å². The van der Waals surface area contributed by atoms with E-state index in [9.17, 15) is 10.2 Å². The third-order valence-electron chi connectivity index (χ3n) is 2.11. The van der Waals surface area contributed by atoms with Crippen LogP contribution in [0.1, 0.15) is 18.6 Å². The molecule has 0 aromatic heterocycles. The molecule has 15 heavy (non-hydrogen) atoms. The summed E-state index contributed by atoms with van der Waals surface area (Å²) in [6.07, 6.45) is -0.908. The number of hydrogen-bond donors (Lipinski definition) is 3. The molecule has 0 aliphatic heterocycles. The molecule has 0 fully saturated rings. The van der Waals surface area contributed by atoms with Crippen LogP contribution in [0.5, 0.6) is 11.5 Å². The summed E-state index contributed by atoms with van der Waals surface area (Å²) in [7, 11) is 1.42. The molecule has 4 nitrogen and oxygen atoms in total.